The molecule has 0 saturated carbocycles. The van der Waals surface area contributed by atoms with E-state index in [4.69, 9.17) is 4.74 Å². The first-order chi connectivity index (χ1) is 13.0. The zero-order valence-corrected chi connectivity index (χ0v) is 17.0. The van der Waals surface area contributed by atoms with E-state index in [2.05, 4.69) is 26.0 Å². The molecule has 0 aliphatic carbocycles. The van der Waals surface area contributed by atoms with Crippen molar-refractivity contribution in [3.8, 4) is 11.4 Å². The quantitative estimate of drug-likeness (QED) is 0.594. The van der Waals surface area contributed by atoms with Crippen LogP contribution in [0.1, 0.15) is 25.5 Å². The lowest BCUT2D eigenvalue weighted by Gasteiger charge is -2.28. The first-order valence-corrected chi connectivity index (χ1v) is 9.39. The maximum Gasteiger partial charge on any atom is 0.263 e. The molecule has 1 heterocycles. The molecule has 2 atom stereocenters. The van der Waals surface area contributed by atoms with Crippen molar-refractivity contribution >= 4 is 21.8 Å². The van der Waals surface area contributed by atoms with E-state index >= 15 is 0 Å². The lowest BCUT2D eigenvalue weighted by molar-refractivity contribution is -0.138. The minimum Gasteiger partial charge on any atom is -0.481 e. The number of halogens is 1. The third-order valence-corrected chi connectivity index (χ3v) is 4.99. The second-order valence-corrected chi connectivity index (χ2v) is 7.19. The molecular weight excluding hydrogens is 408 g/mol. The van der Waals surface area contributed by atoms with E-state index in [1.807, 2.05) is 55.5 Å². The number of ether oxygens (including phenoxy) is 1. The summed E-state index contributed by atoms with van der Waals surface area (Å²) in [4.78, 5) is 18.4. The number of aromatic nitrogens is 3. The largest absolute Gasteiger partial charge is 0.481 e. The summed E-state index contributed by atoms with van der Waals surface area (Å²) >= 11 is 3.39. The van der Waals surface area contributed by atoms with Gasteiger partial charge in [-0.2, -0.15) is 5.10 Å². The summed E-state index contributed by atoms with van der Waals surface area (Å²) in [5.41, 5.74) is 1.95. The molecule has 1 aromatic heterocycles. The van der Waals surface area contributed by atoms with E-state index in [9.17, 15) is 4.79 Å². The zero-order valence-electron chi connectivity index (χ0n) is 15.4. The number of amides is 1. The molecule has 3 aromatic rings. The minimum absolute atomic E-state index is 0.0780. The number of benzene rings is 2. The lowest BCUT2D eigenvalue weighted by atomic mass is 10.1. The van der Waals surface area contributed by atoms with Gasteiger partial charge in [0.25, 0.3) is 5.91 Å². The molecule has 0 fully saturated rings. The second-order valence-electron chi connectivity index (χ2n) is 6.27. The Morgan fingerprint density at radius 2 is 1.78 bits per heavy atom. The van der Waals surface area contributed by atoms with E-state index in [0.29, 0.717) is 5.75 Å². The Kier molecular flexibility index (Phi) is 5.91. The van der Waals surface area contributed by atoms with Crippen LogP contribution < -0.4 is 4.74 Å². The average molecular weight is 429 g/mol. The van der Waals surface area contributed by atoms with Crippen LogP contribution >= 0.6 is 15.9 Å². The maximum atomic E-state index is 12.8. The van der Waals surface area contributed by atoms with Gasteiger partial charge in [0.15, 0.2) is 6.10 Å². The molecule has 2 unspecified atom stereocenters. The number of nitrogens with zero attached hydrogens (tertiary/aromatic N) is 4. The van der Waals surface area contributed by atoms with Gasteiger partial charge in [0.1, 0.15) is 18.4 Å². The predicted octanol–water partition coefficient (Wildman–Crippen LogP) is 4.02. The SMILES string of the molecule is CC(Oc1ccc(Br)cc1)C(=O)N(C)C(C)c1ccc(-n2cncn2)cc1. The Balaban J connectivity index is 1.65. The van der Waals surface area contributed by atoms with Crippen LogP contribution in [0, 0.1) is 0 Å². The normalized spacial score (nSPS) is 13.0. The summed E-state index contributed by atoms with van der Waals surface area (Å²) in [5.74, 6) is 0.586. The highest BCUT2D eigenvalue weighted by atomic mass is 79.9. The fourth-order valence-corrected chi connectivity index (χ4v) is 2.98. The number of likely N-dealkylation sites (N-methyl/N-ethyl adjacent to an activating group) is 1. The number of carbonyl (C=O) groups is 1. The summed E-state index contributed by atoms with van der Waals surface area (Å²) in [7, 11) is 1.79. The predicted molar refractivity (Wildman–Crippen MR) is 107 cm³/mol. The third-order valence-electron chi connectivity index (χ3n) is 4.46. The monoisotopic (exact) mass is 428 g/mol. The number of hydrogen-bond acceptors (Lipinski definition) is 4. The molecule has 0 saturated heterocycles. The van der Waals surface area contributed by atoms with E-state index in [1.54, 1.807) is 29.9 Å². The zero-order chi connectivity index (χ0) is 19.4. The number of rotatable bonds is 6. The molecular formula is C20H21BrN4O2. The molecule has 0 radical (unpaired) electrons. The molecule has 27 heavy (non-hydrogen) atoms. The molecule has 3 rings (SSSR count). The smallest absolute Gasteiger partial charge is 0.263 e. The van der Waals surface area contributed by atoms with Crippen LogP contribution in [-0.4, -0.2) is 38.7 Å². The average Bonchev–Trinajstić information content (AvgIpc) is 3.23. The van der Waals surface area contributed by atoms with Crippen molar-refractivity contribution in [2.75, 3.05) is 7.05 Å². The Morgan fingerprint density at radius 3 is 2.37 bits per heavy atom. The van der Waals surface area contributed by atoms with Gasteiger partial charge in [-0.1, -0.05) is 28.1 Å². The molecule has 1 amide bonds. The molecule has 0 N–H and O–H groups in total. The maximum absolute atomic E-state index is 12.8. The van der Waals surface area contributed by atoms with Crippen molar-refractivity contribution in [2.45, 2.75) is 26.0 Å². The molecule has 7 heteroatoms. The fraction of sp³-hybridized carbons (Fsp3) is 0.250. The summed E-state index contributed by atoms with van der Waals surface area (Å²) in [6.45, 7) is 3.76. The first-order valence-electron chi connectivity index (χ1n) is 8.59. The van der Waals surface area contributed by atoms with Crippen LogP contribution in [0.15, 0.2) is 65.7 Å². The van der Waals surface area contributed by atoms with Crippen LogP contribution in [0.3, 0.4) is 0 Å². The van der Waals surface area contributed by atoms with Gasteiger partial charge in [-0.3, -0.25) is 4.79 Å². The van der Waals surface area contributed by atoms with E-state index in [1.165, 1.54) is 6.33 Å². The minimum atomic E-state index is -0.576. The molecule has 0 aliphatic heterocycles. The van der Waals surface area contributed by atoms with Crippen LogP contribution in [0.4, 0.5) is 0 Å². The van der Waals surface area contributed by atoms with E-state index < -0.39 is 6.10 Å². The highest BCUT2D eigenvalue weighted by Gasteiger charge is 2.24. The molecule has 140 valence electrons. The molecule has 6 nitrogen and oxygen atoms in total. The van der Waals surface area contributed by atoms with Crippen LogP contribution in [-0.2, 0) is 4.79 Å². The van der Waals surface area contributed by atoms with Gasteiger partial charge in [0, 0.05) is 11.5 Å². The van der Waals surface area contributed by atoms with Crippen LogP contribution in [0.25, 0.3) is 5.69 Å². The summed E-state index contributed by atoms with van der Waals surface area (Å²) in [6, 6.07) is 15.3. The van der Waals surface area contributed by atoms with Gasteiger partial charge in [-0.15, -0.1) is 0 Å². The van der Waals surface area contributed by atoms with Gasteiger partial charge in [-0.25, -0.2) is 9.67 Å². The van der Waals surface area contributed by atoms with Gasteiger partial charge in [0.05, 0.1) is 11.7 Å². The van der Waals surface area contributed by atoms with Crippen molar-refractivity contribution in [3.05, 3.63) is 71.2 Å². The molecule has 0 spiro atoms. The Labute approximate surface area is 166 Å². The fourth-order valence-electron chi connectivity index (χ4n) is 2.72. The summed E-state index contributed by atoms with van der Waals surface area (Å²) in [5, 5.41) is 4.11. The van der Waals surface area contributed by atoms with Gasteiger partial charge in [0.2, 0.25) is 0 Å². The summed E-state index contributed by atoms with van der Waals surface area (Å²) < 4.78 is 8.43. The first kappa shape index (κ1) is 19.1. The summed E-state index contributed by atoms with van der Waals surface area (Å²) in [6.07, 6.45) is 2.57. The van der Waals surface area contributed by atoms with Crippen molar-refractivity contribution in [2.24, 2.45) is 0 Å². The van der Waals surface area contributed by atoms with Gasteiger partial charge < -0.3 is 9.64 Å². The lowest BCUT2D eigenvalue weighted by Crippen LogP contribution is -2.39. The molecule has 0 bridgehead atoms. The highest BCUT2D eigenvalue weighted by molar-refractivity contribution is 9.10. The standard InChI is InChI=1S/C20H21BrN4O2/c1-14(16-4-8-18(9-5-16)25-13-22-12-23-25)24(3)20(26)15(2)27-19-10-6-17(21)7-11-19/h4-15H,1-3H3. The van der Waals surface area contributed by atoms with Gasteiger partial charge in [-0.05, 0) is 55.8 Å². The number of carbonyl (C=O) groups excluding carboxylic acids is 1. The van der Waals surface area contributed by atoms with Crippen molar-refractivity contribution < 1.29 is 9.53 Å². The van der Waals surface area contributed by atoms with Crippen LogP contribution in [0.2, 0.25) is 0 Å². The van der Waals surface area contributed by atoms with Crippen molar-refractivity contribution in [3.63, 3.8) is 0 Å². The number of hydrogen-bond donors (Lipinski definition) is 0. The van der Waals surface area contributed by atoms with E-state index in [0.717, 1.165) is 15.7 Å². The van der Waals surface area contributed by atoms with Crippen molar-refractivity contribution in [1.82, 2.24) is 19.7 Å². The second kappa shape index (κ2) is 8.35. The molecule has 0 aliphatic rings. The Morgan fingerprint density at radius 1 is 1.11 bits per heavy atom. The highest BCUT2D eigenvalue weighted by Crippen LogP contribution is 2.22. The third kappa shape index (κ3) is 4.54. The van der Waals surface area contributed by atoms with Crippen molar-refractivity contribution in [1.29, 1.82) is 0 Å². The molecule has 2 aromatic carbocycles. The Hall–Kier alpha value is -2.67. The topological polar surface area (TPSA) is 60.2 Å². The Bertz CT molecular complexity index is 879. The van der Waals surface area contributed by atoms with Gasteiger partial charge >= 0.3 is 0 Å². The van der Waals surface area contributed by atoms with E-state index in [-0.39, 0.29) is 11.9 Å². The van der Waals surface area contributed by atoms with Crippen LogP contribution in [0.5, 0.6) is 5.75 Å².